The number of para-hydroxylation sites is 3. The molecular formula is C16H16ClN3O4. The molecule has 0 unspecified atom stereocenters. The zero-order valence-electron chi connectivity index (χ0n) is 12.9. The number of carbonyl (C=O) groups excluding carboxylic acids is 1. The molecule has 126 valence electrons. The van der Waals surface area contributed by atoms with Gasteiger partial charge in [-0.25, -0.2) is 4.79 Å². The van der Waals surface area contributed by atoms with Crippen LogP contribution in [0.25, 0.3) is 0 Å². The summed E-state index contributed by atoms with van der Waals surface area (Å²) in [7, 11) is 1.57. The Morgan fingerprint density at radius 3 is 2.62 bits per heavy atom. The highest BCUT2D eigenvalue weighted by Crippen LogP contribution is 2.24. The van der Waals surface area contributed by atoms with Crippen LogP contribution in [0.4, 0.5) is 16.2 Å². The molecule has 0 bridgehead atoms. The number of hydrogen-bond donors (Lipinski definition) is 1. The summed E-state index contributed by atoms with van der Waals surface area (Å²) in [5.41, 5.74) is -0.0158. The van der Waals surface area contributed by atoms with Gasteiger partial charge in [-0.1, -0.05) is 35.9 Å². The summed E-state index contributed by atoms with van der Waals surface area (Å²) in [5.74, 6) is 0.534. The highest BCUT2D eigenvalue weighted by molar-refractivity contribution is 6.32. The van der Waals surface area contributed by atoms with Gasteiger partial charge in [0.15, 0.2) is 0 Å². The Morgan fingerprint density at radius 1 is 1.25 bits per heavy atom. The maximum Gasteiger partial charge on any atom is 0.321 e. The number of halogens is 1. The highest BCUT2D eigenvalue weighted by Gasteiger charge is 2.16. The second-order valence-corrected chi connectivity index (χ2v) is 5.31. The van der Waals surface area contributed by atoms with Crippen LogP contribution in [0.15, 0.2) is 48.5 Å². The van der Waals surface area contributed by atoms with Crippen molar-refractivity contribution < 1.29 is 14.5 Å². The van der Waals surface area contributed by atoms with Gasteiger partial charge in [0.1, 0.15) is 18.0 Å². The van der Waals surface area contributed by atoms with E-state index in [4.69, 9.17) is 16.3 Å². The first-order valence-electron chi connectivity index (χ1n) is 7.12. The molecule has 7 nitrogen and oxygen atoms in total. The molecule has 0 atom stereocenters. The standard InChI is InChI=1S/C16H16ClN3O4/c1-19(10-11-24-15-9-5-2-6-12(15)17)16(21)18-13-7-3-4-8-14(13)20(22)23/h2-9H,10-11H2,1H3,(H,18,21). The third-order valence-corrected chi connectivity index (χ3v) is 3.52. The van der Waals surface area contributed by atoms with Gasteiger partial charge in [0, 0.05) is 13.1 Å². The number of nitrogens with zero attached hydrogens (tertiary/aromatic N) is 2. The summed E-state index contributed by atoms with van der Waals surface area (Å²) in [6.07, 6.45) is 0. The number of nitro groups is 1. The molecule has 0 aliphatic carbocycles. The smallest absolute Gasteiger partial charge is 0.321 e. The maximum atomic E-state index is 12.1. The predicted molar refractivity (Wildman–Crippen MR) is 91.7 cm³/mol. The van der Waals surface area contributed by atoms with Crippen molar-refractivity contribution in [3.05, 3.63) is 63.7 Å². The normalized spacial score (nSPS) is 10.1. The van der Waals surface area contributed by atoms with Gasteiger partial charge < -0.3 is 15.0 Å². The molecule has 1 N–H and O–H groups in total. The average Bonchev–Trinajstić information content (AvgIpc) is 2.56. The van der Waals surface area contributed by atoms with E-state index in [1.54, 1.807) is 37.4 Å². The zero-order chi connectivity index (χ0) is 17.5. The number of ether oxygens (including phenoxy) is 1. The van der Waals surface area contributed by atoms with Crippen LogP contribution in [0.5, 0.6) is 5.75 Å². The van der Waals surface area contributed by atoms with Crippen molar-refractivity contribution in [1.82, 2.24) is 4.90 Å². The van der Waals surface area contributed by atoms with Crippen LogP contribution >= 0.6 is 11.6 Å². The van der Waals surface area contributed by atoms with Gasteiger partial charge in [-0.3, -0.25) is 10.1 Å². The van der Waals surface area contributed by atoms with Crippen molar-refractivity contribution >= 4 is 29.0 Å². The van der Waals surface area contributed by atoms with Gasteiger partial charge in [-0.2, -0.15) is 0 Å². The van der Waals surface area contributed by atoms with Crippen LogP contribution in [0.2, 0.25) is 5.02 Å². The van der Waals surface area contributed by atoms with E-state index < -0.39 is 11.0 Å². The molecule has 2 rings (SSSR count). The quantitative estimate of drug-likeness (QED) is 0.635. The molecule has 24 heavy (non-hydrogen) atoms. The molecule has 0 aliphatic rings. The second kappa shape index (κ2) is 8.16. The molecule has 0 radical (unpaired) electrons. The van der Waals surface area contributed by atoms with Crippen molar-refractivity contribution in [2.45, 2.75) is 0 Å². The Hall–Kier alpha value is -2.80. The van der Waals surface area contributed by atoms with Crippen LogP contribution in [0.3, 0.4) is 0 Å². The lowest BCUT2D eigenvalue weighted by atomic mass is 10.3. The van der Waals surface area contributed by atoms with Crippen LogP contribution in [-0.2, 0) is 0 Å². The van der Waals surface area contributed by atoms with Gasteiger partial charge >= 0.3 is 6.03 Å². The minimum Gasteiger partial charge on any atom is -0.490 e. The Bertz CT molecular complexity index is 739. The van der Waals surface area contributed by atoms with Crippen molar-refractivity contribution in [3.8, 4) is 5.75 Å². The number of urea groups is 1. The Balaban J connectivity index is 1.89. The molecule has 0 saturated carbocycles. The van der Waals surface area contributed by atoms with Crippen molar-refractivity contribution in [2.24, 2.45) is 0 Å². The summed E-state index contributed by atoms with van der Waals surface area (Å²) in [5, 5.41) is 13.9. The first-order valence-corrected chi connectivity index (χ1v) is 7.49. The number of likely N-dealkylation sites (N-methyl/N-ethyl adjacent to an activating group) is 1. The van der Waals surface area contributed by atoms with E-state index >= 15 is 0 Å². The third-order valence-electron chi connectivity index (χ3n) is 3.21. The van der Waals surface area contributed by atoms with Crippen LogP contribution < -0.4 is 10.1 Å². The SMILES string of the molecule is CN(CCOc1ccccc1Cl)C(=O)Nc1ccccc1[N+](=O)[O-]. The summed E-state index contributed by atoms with van der Waals surface area (Å²) in [6.45, 7) is 0.530. The number of rotatable bonds is 6. The number of nitro benzene ring substituents is 1. The fourth-order valence-electron chi connectivity index (χ4n) is 1.91. The minimum atomic E-state index is -0.546. The largest absolute Gasteiger partial charge is 0.490 e. The summed E-state index contributed by atoms with van der Waals surface area (Å²) < 4.78 is 5.51. The highest BCUT2D eigenvalue weighted by atomic mass is 35.5. The fourth-order valence-corrected chi connectivity index (χ4v) is 2.10. The van der Waals surface area contributed by atoms with Crippen molar-refractivity contribution in [3.63, 3.8) is 0 Å². The van der Waals surface area contributed by atoms with Gasteiger partial charge in [-0.05, 0) is 18.2 Å². The lowest BCUT2D eigenvalue weighted by Crippen LogP contribution is -2.34. The molecule has 2 amide bonds. The van der Waals surface area contributed by atoms with E-state index in [2.05, 4.69) is 5.32 Å². The number of anilines is 1. The molecule has 0 aliphatic heterocycles. The van der Waals surface area contributed by atoms with E-state index in [9.17, 15) is 14.9 Å². The molecule has 8 heteroatoms. The van der Waals surface area contributed by atoms with Crippen molar-refractivity contribution in [1.29, 1.82) is 0 Å². The molecule has 0 spiro atoms. The minimum absolute atomic E-state index is 0.145. The third kappa shape index (κ3) is 4.60. The van der Waals surface area contributed by atoms with Gasteiger partial charge in [0.2, 0.25) is 0 Å². The molecule has 0 fully saturated rings. The van der Waals surface area contributed by atoms with Gasteiger partial charge in [0.05, 0.1) is 16.5 Å². The number of carbonyl (C=O) groups is 1. The predicted octanol–water partition coefficient (Wildman–Crippen LogP) is 3.79. The van der Waals surface area contributed by atoms with E-state index in [-0.39, 0.29) is 24.5 Å². The lowest BCUT2D eigenvalue weighted by molar-refractivity contribution is -0.383. The maximum absolute atomic E-state index is 12.1. The molecule has 2 aromatic rings. The molecular weight excluding hydrogens is 334 g/mol. The summed E-state index contributed by atoms with van der Waals surface area (Å²) in [6, 6.07) is 12.5. The first-order chi connectivity index (χ1) is 11.5. The van der Waals surface area contributed by atoms with Crippen molar-refractivity contribution in [2.75, 3.05) is 25.5 Å². The van der Waals surface area contributed by atoms with E-state index in [0.717, 1.165) is 0 Å². The number of nitrogens with one attached hydrogen (secondary N) is 1. The molecule has 2 aromatic carbocycles. The summed E-state index contributed by atoms with van der Waals surface area (Å²) >= 11 is 5.97. The number of amides is 2. The Labute approximate surface area is 143 Å². The number of hydrogen-bond acceptors (Lipinski definition) is 4. The van der Waals surface area contributed by atoms with Gasteiger partial charge in [-0.15, -0.1) is 0 Å². The zero-order valence-corrected chi connectivity index (χ0v) is 13.7. The number of benzene rings is 2. The molecule has 0 aromatic heterocycles. The van der Waals surface area contributed by atoms with E-state index in [1.807, 2.05) is 0 Å². The Kier molecular flexibility index (Phi) is 5.97. The Morgan fingerprint density at radius 2 is 1.92 bits per heavy atom. The first kappa shape index (κ1) is 17.6. The summed E-state index contributed by atoms with van der Waals surface area (Å²) in [4.78, 5) is 23.9. The average molecular weight is 350 g/mol. The lowest BCUT2D eigenvalue weighted by Gasteiger charge is -2.18. The van der Waals surface area contributed by atoms with E-state index in [1.165, 1.54) is 23.1 Å². The molecule has 0 heterocycles. The van der Waals surface area contributed by atoms with E-state index in [0.29, 0.717) is 10.8 Å². The van der Waals surface area contributed by atoms with Crippen LogP contribution in [-0.4, -0.2) is 36.1 Å². The van der Waals surface area contributed by atoms with Crippen LogP contribution in [0.1, 0.15) is 0 Å². The molecule has 0 saturated heterocycles. The van der Waals surface area contributed by atoms with Gasteiger partial charge in [0.25, 0.3) is 5.69 Å². The van der Waals surface area contributed by atoms with Crippen LogP contribution in [0, 0.1) is 10.1 Å². The topological polar surface area (TPSA) is 84.7 Å². The second-order valence-electron chi connectivity index (χ2n) is 4.90. The monoisotopic (exact) mass is 349 g/mol. The fraction of sp³-hybridized carbons (Fsp3) is 0.188.